The number of carbonyl (C=O) groups excluding carboxylic acids is 1. The molecule has 3 rings (SSSR count). The van der Waals surface area contributed by atoms with Gasteiger partial charge in [-0.2, -0.15) is 0 Å². The molecule has 0 unspecified atom stereocenters. The fourth-order valence-electron chi connectivity index (χ4n) is 2.65. The van der Waals surface area contributed by atoms with Gasteiger partial charge in [-0.15, -0.1) is 0 Å². The van der Waals surface area contributed by atoms with Gasteiger partial charge in [-0.05, 0) is 61.4 Å². The Labute approximate surface area is 179 Å². The van der Waals surface area contributed by atoms with Crippen LogP contribution in [0.1, 0.15) is 21.5 Å². The molecule has 8 heteroatoms. The molecule has 1 amide bonds. The van der Waals surface area contributed by atoms with Gasteiger partial charge in [-0.3, -0.25) is 9.52 Å². The van der Waals surface area contributed by atoms with E-state index in [2.05, 4.69) is 10.0 Å². The summed E-state index contributed by atoms with van der Waals surface area (Å²) in [5, 5.41) is 3.05. The first-order chi connectivity index (χ1) is 13.7. The van der Waals surface area contributed by atoms with Crippen molar-refractivity contribution < 1.29 is 13.2 Å². The summed E-state index contributed by atoms with van der Waals surface area (Å²) in [6.07, 6.45) is 0. The van der Waals surface area contributed by atoms with Crippen LogP contribution < -0.4 is 10.0 Å². The predicted octanol–water partition coefficient (Wildman–Crippen LogP) is 5.66. The third kappa shape index (κ3) is 4.90. The number of benzene rings is 3. The lowest BCUT2D eigenvalue weighted by Crippen LogP contribution is -2.17. The standard InChI is InChI=1S/C21H18Cl2N2O3S/c1-13-7-8-14(2)19(11-13)25-29(27,28)20-12-15(9-10-17(20)23)21(26)24-18-6-4-3-5-16(18)22/h3-12,25H,1-2H3,(H,24,26). The van der Waals surface area contributed by atoms with Gasteiger partial charge in [-0.1, -0.05) is 47.5 Å². The molecule has 0 bridgehead atoms. The second kappa shape index (κ2) is 8.45. The van der Waals surface area contributed by atoms with E-state index >= 15 is 0 Å². The van der Waals surface area contributed by atoms with Crippen LogP contribution in [0.5, 0.6) is 0 Å². The maximum atomic E-state index is 12.9. The fourth-order valence-corrected chi connectivity index (χ4v) is 4.48. The van der Waals surface area contributed by atoms with E-state index in [1.807, 2.05) is 19.1 Å². The number of rotatable bonds is 5. The van der Waals surface area contributed by atoms with E-state index in [1.165, 1.54) is 18.2 Å². The van der Waals surface area contributed by atoms with E-state index in [4.69, 9.17) is 23.2 Å². The zero-order valence-electron chi connectivity index (χ0n) is 15.7. The lowest BCUT2D eigenvalue weighted by atomic mass is 10.1. The third-order valence-corrected chi connectivity index (χ3v) is 6.42. The molecule has 3 aromatic carbocycles. The van der Waals surface area contributed by atoms with Crippen LogP contribution in [0, 0.1) is 13.8 Å². The Morgan fingerprint density at radius 1 is 0.862 bits per heavy atom. The summed E-state index contributed by atoms with van der Waals surface area (Å²) in [5.41, 5.74) is 2.69. The Bertz CT molecular complexity index is 1190. The first-order valence-electron chi connectivity index (χ1n) is 8.63. The Morgan fingerprint density at radius 3 is 2.31 bits per heavy atom. The summed E-state index contributed by atoms with van der Waals surface area (Å²) < 4.78 is 28.4. The monoisotopic (exact) mass is 448 g/mol. The van der Waals surface area contributed by atoms with E-state index in [1.54, 1.807) is 37.3 Å². The number of nitrogens with one attached hydrogen (secondary N) is 2. The van der Waals surface area contributed by atoms with E-state index in [0.29, 0.717) is 16.4 Å². The summed E-state index contributed by atoms with van der Waals surface area (Å²) >= 11 is 12.2. The molecule has 0 saturated carbocycles. The SMILES string of the molecule is Cc1ccc(C)c(NS(=O)(=O)c2cc(C(=O)Nc3ccccc3Cl)ccc2Cl)c1. The number of hydrogen-bond donors (Lipinski definition) is 2. The smallest absolute Gasteiger partial charge is 0.263 e. The molecule has 0 aliphatic carbocycles. The molecule has 0 aliphatic rings. The number of aryl methyl sites for hydroxylation is 2. The van der Waals surface area contributed by atoms with Gasteiger partial charge >= 0.3 is 0 Å². The zero-order valence-corrected chi connectivity index (χ0v) is 18.0. The van der Waals surface area contributed by atoms with Crippen molar-refractivity contribution >= 4 is 50.5 Å². The molecule has 0 aliphatic heterocycles. The first-order valence-corrected chi connectivity index (χ1v) is 10.9. The molecule has 0 heterocycles. The summed E-state index contributed by atoms with van der Waals surface area (Å²) in [6, 6.07) is 16.3. The third-order valence-electron chi connectivity index (χ3n) is 4.24. The summed E-state index contributed by atoms with van der Waals surface area (Å²) in [5.74, 6) is -0.502. The molecule has 150 valence electrons. The molecule has 3 aromatic rings. The van der Waals surface area contributed by atoms with Gasteiger partial charge < -0.3 is 5.32 Å². The summed E-state index contributed by atoms with van der Waals surface area (Å²) in [6.45, 7) is 3.66. The molecule has 0 aromatic heterocycles. The molecule has 0 radical (unpaired) electrons. The van der Waals surface area contributed by atoms with Crippen LogP contribution in [-0.4, -0.2) is 14.3 Å². The highest BCUT2D eigenvalue weighted by Gasteiger charge is 2.21. The van der Waals surface area contributed by atoms with Crippen molar-refractivity contribution in [3.05, 3.63) is 87.4 Å². The number of anilines is 2. The van der Waals surface area contributed by atoms with E-state index in [9.17, 15) is 13.2 Å². The second-order valence-electron chi connectivity index (χ2n) is 6.50. The Morgan fingerprint density at radius 2 is 1.59 bits per heavy atom. The number of halogens is 2. The van der Waals surface area contributed by atoms with Crippen LogP contribution >= 0.6 is 23.2 Å². The van der Waals surface area contributed by atoms with E-state index in [0.717, 1.165) is 11.1 Å². The number of sulfonamides is 1. The van der Waals surface area contributed by atoms with Crippen molar-refractivity contribution in [2.24, 2.45) is 0 Å². The van der Waals surface area contributed by atoms with Gasteiger partial charge in [0.15, 0.2) is 0 Å². The van der Waals surface area contributed by atoms with E-state index in [-0.39, 0.29) is 15.5 Å². The van der Waals surface area contributed by atoms with Gasteiger partial charge in [0.1, 0.15) is 4.90 Å². The van der Waals surface area contributed by atoms with Crippen molar-refractivity contribution in [2.45, 2.75) is 18.7 Å². The largest absolute Gasteiger partial charge is 0.321 e. The molecule has 2 N–H and O–H groups in total. The van der Waals surface area contributed by atoms with Gasteiger partial charge in [0.05, 0.1) is 21.4 Å². The molecule has 0 saturated heterocycles. The zero-order chi connectivity index (χ0) is 21.2. The van der Waals surface area contributed by atoms with Crippen LogP contribution in [0.2, 0.25) is 10.0 Å². The Kier molecular flexibility index (Phi) is 6.17. The number of hydrogen-bond acceptors (Lipinski definition) is 3. The van der Waals surface area contributed by atoms with Crippen LogP contribution in [0.3, 0.4) is 0 Å². The van der Waals surface area contributed by atoms with Crippen molar-refractivity contribution in [1.29, 1.82) is 0 Å². The highest BCUT2D eigenvalue weighted by Crippen LogP contribution is 2.28. The predicted molar refractivity (Wildman–Crippen MR) is 118 cm³/mol. The minimum Gasteiger partial charge on any atom is -0.321 e. The number of amides is 1. The Hall–Kier alpha value is -2.54. The molecule has 0 atom stereocenters. The van der Waals surface area contributed by atoms with Gasteiger partial charge in [0.25, 0.3) is 15.9 Å². The summed E-state index contributed by atoms with van der Waals surface area (Å²) in [7, 11) is -4.01. The number of carbonyl (C=O) groups is 1. The molecular formula is C21H18Cl2N2O3S. The van der Waals surface area contributed by atoms with Crippen molar-refractivity contribution in [1.82, 2.24) is 0 Å². The minimum atomic E-state index is -4.01. The van der Waals surface area contributed by atoms with Crippen LogP contribution in [0.15, 0.2) is 65.6 Å². The number of para-hydroxylation sites is 1. The van der Waals surface area contributed by atoms with E-state index < -0.39 is 15.9 Å². The first kappa shape index (κ1) is 21.2. The maximum Gasteiger partial charge on any atom is 0.263 e. The normalized spacial score (nSPS) is 11.2. The van der Waals surface area contributed by atoms with Gasteiger partial charge in [0, 0.05) is 5.56 Å². The molecule has 0 spiro atoms. The molecule has 5 nitrogen and oxygen atoms in total. The Balaban J connectivity index is 1.93. The highest BCUT2D eigenvalue weighted by atomic mass is 35.5. The van der Waals surface area contributed by atoms with Crippen LogP contribution in [0.25, 0.3) is 0 Å². The average Bonchev–Trinajstić information content (AvgIpc) is 2.66. The van der Waals surface area contributed by atoms with Crippen molar-refractivity contribution in [3.63, 3.8) is 0 Å². The fraction of sp³-hybridized carbons (Fsp3) is 0.0952. The van der Waals surface area contributed by atoms with Crippen LogP contribution in [0.4, 0.5) is 11.4 Å². The molecule has 29 heavy (non-hydrogen) atoms. The van der Waals surface area contributed by atoms with Gasteiger partial charge in [-0.25, -0.2) is 8.42 Å². The molecular weight excluding hydrogens is 431 g/mol. The second-order valence-corrected chi connectivity index (χ2v) is 8.97. The summed E-state index contributed by atoms with van der Waals surface area (Å²) in [4.78, 5) is 12.4. The lowest BCUT2D eigenvalue weighted by molar-refractivity contribution is 0.102. The average molecular weight is 449 g/mol. The van der Waals surface area contributed by atoms with Crippen LogP contribution in [-0.2, 0) is 10.0 Å². The minimum absolute atomic E-state index is 0.0112. The highest BCUT2D eigenvalue weighted by molar-refractivity contribution is 7.92. The van der Waals surface area contributed by atoms with Crippen molar-refractivity contribution in [3.8, 4) is 0 Å². The van der Waals surface area contributed by atoms with Crippen molar-refractivity contribution in [2.75, 3.05) is 10.0 Å². The van der Waals surface area contributed by atoms with Gasteiger partial charge in [0.2, 0.25) is 0 Å². The lowest BCUT2D eigenvalue weighted by Gasteiger charge is -2.13. The quantitative estimate of drug-likeness (QED) is 0.528. The molecule has 0 fully saturated rings. The maximum absolute atomic E-state index is 12.9. The topological polar surface area (TPSA) is 75.3 Å².